The Bertz CT molecular complexity index is 524. The molecule has 0 saturated carbocycles. The summed E-state index contributed by atoms with van der Waals surface area (Å²) in [5, 5.41) is 4.20. The van der Waals surface area contributed by atoms with Gasteiger partial charge in [0.15, 0.2) is 0 Å². The van der Waals surface area contributed by atoms with Crippen LogP contribution in [0.2, 0.25) is 5.02 Å². The lowest BCUT2D eigenvalue weighted by atomic mass is 10.2. The maximum Gasteiger partial charge on any atom is 0.0548 e. The SMILES string of the molecule is CCc1ccc(CNCc2ccc(Cl)c(Br)c2)s1. The highest BCUT2D eigenvalue weighted by Crippen LogP contribution is 2.23. The van der Waals surface area contributed by atoms with Crippen molar-refractivity contribution in [3.05, 3.63) is 55.1 Å². The molecule has 1 aromatic heterocycles. The Morgan fingerprint density at radius 2 is 1.94 bits per heavy atom. The second-order valence-corrected chi connectivity index (χ2v) is 6.59. The van der Waals surface area contributed by atoms with E-state index < -0.39 is 0 Å². The normalized spacial score (nSPS) is 10.8. The summed E-state index contributed by atoms with van der Waals surface area (Å²) in [5.74, 6) is 0. The van der Waals surface area contributed by atoms with Crippen molar-refractivity contribution >= 4 is 38.9 Å². The molecule has 2 rings (SSSR count). The summed E-state index contributed by atoms with van der Waals surface area (Å²) in [7, 11) is 0. The molecular formula is C14H15BrClNS. The number of thiophene rings is 1. The fourth-order valence-electron chi connectivity index (χ4n) is 1.69. The first-order chi connectivity index (χ1) is 8.69. The van der Waals surface area contributed by atoms with Gasteiger partial charge in [0.2, 0.25) is 0 Å². The summed E-state index contributed by atoms with van der Waals surface area (Å²) in [6.45, 7) is 3.97. The van der Waals surface area contributed by atoms with Crippen LogP contribution in [0, 0.1) is 0 Å². The second kappa shape index (κ2) is 6.71. The Balaban J connectivity index is 1.86. The quantitative estimate of drug-likeness (QED) is 0.803. The highest BCUT2D eigenvalue weighted by atomic mass is 79.9. The molecule has 0 aliphatic carbocycles. The molecule has 2 aromatic rings. The van der Waals surface area contributed by atoms with Crippen LogP contribution in [-0.4, -0.2) is 0 Å². The van der Waals surface area contributed by atoms with Gasteiger partial charge in [-0.2, -0.15) is 0 Å². The van der Waals surface area contributed by atoms with Crippen LogP contribution < -0.4 is 5.32 Å². The Morgan fingerprint density at radius 3 is 2.61 bits per heavy atom. The molecule has 0 radical (unpaired) electrons. The lowest BCUT2D eigenvalue weighted by Gasteiger charge is -2.05. The van der Waals surface area contributed by atoms with Crippen molar-refractivity contribution in [1.29, 1.82) is 0 Å². The maximum atomic E-state index is 5.96. The molecule has 1 aromatic carbocycles. The van der Waals surface area contributed by atoms with E-state index in [0.717, 1.165) is 29.0 Å². The van der Waals surface area contributed by atoms with E-state index in [0.29, 0.717) is 0 Å². The van der Waals surface area contributed by atoms with E-state index in [1.54, 1.807) is 0 Å². The number of hydrogen-bond donors (Lipinski definition) is 1. The minimum absolute atomic E-state index is 0.754. The summed E-state index contributed by atoms with van der Waals surface area (Å²) < 4.78 is 0.952. The standard InChI is InChI=1S/C14H15BrClNS/c1-2-11-4-5-12(18-11)9-17-8-10-3-6-14(16)13(15)7-10/h3-7,17H,2,8-9H2,1H3. The van der Waals surface area contributed by atoms with E-state index in [1.807, 2.05) is 23.5 Å². The third kappa shape index (κ3) is 3.82. The zero-order chi connectivity index (χ0) is 13.0. The number of rotatable bonds is 5. The van der Waals surface area contributed by atoms with E-state index in [2.05, 4.69) is 46.4 Å². The second-order valence-electron chi connectivity index (χ2n) is 4.07. The largest absolute Gasteiger partial charge is 0.308 e. The number of aryl methyl sites for hydroxylation is 1. The summed E-state index contributed by atoms with van der Waals surface area (Å²) in [4.78, 5) is 2.83. The van der Waals surface area contributed by atoms with E-state index >= 15 is 0 Å². The smallest absolute Gasteiger partial charge is 0.0548 e. The minimum Gasteiger partial charge on any atom is -0.308 e. The zero-order valence-corrected chi connectivity index (χ0v) is 13.3. The first kappa shape index (κ1) is 14.1. The molecule has 0 spiro atoms. The average Bonchev–Trinajstić information content (AvgIpc) is 2.82. The molecule has 0 saturated heterocycles. The number of benzene rings is 1. The van der Waals surface area contributed by atoms with Crippen LogP contribution in [0.15, 0.2) is 34.8 Å². The molecule has 1 nitrogen and oxygen atoms in total. The maximum absolute atomic E-state index is 5.96. The molecule has 1 heterocycles. The molecular weight excluding hydrogens is 330 g/mol. The molecule has 1 N–H and O–H groups in total. The van der Waals surface area contributed by atoms with Crippen molar-refractivity contribution in [2.45, 2.75) is 26.4 Å². The van der Waals surface area contributed by atoms with Crippen molar-refractivity contribution in [3.8, 4) is 0 Å². The highest BCUT2D eigenvalue weighted by molar-refractivity contribution is 9.10. The topological polar surface area (TPSA) is 12.0 Å². The number of nitrogens with one attached hydrogen (secondary N) is 1. The molecule has 0 aliphatic rings. The van der Waals surface area contributed by atoms with Crippen LogP contribution in [0.1, 0.15) is 22.2 Å². The molecule has 0 amide bonds. The Morgan fingerprint density at radius 1 is 1.17 bits per heavy atom. The fraction of sp³-hybridized carbons (Fsp3) is 0.286. The van der Waals surface area contributed by atoms with Crippen molar-refractivity contribution in [3.63, 3.8) is 0 Å². The van der Waals surface area contributed by atoms with E-state index in [1.165, 1.54) is 15.3 Å². The summed E-state index contributed by atoms with van der Waals surface area (Å²) in [6.07, 6.45) is 1.12. The van der Waals surface area contributed by atoms with Crippen molar-refractivity contribution in [2.24, 2.45) is 0 Å². The molecule has 18 heavy (non-hydrogen) atoms. The predicted octanol–water partition coefficient (Wildman–Crippen LogP) is 5.02. The third-order valence-corrected chi connectivity index (χ3v) is 5.12. The van der Waals surface area contributed by atoms with Crippen LogP contribution in [-0.2, 0) is 19.5 Å². The van der Waals surface area contributed by atoms with Gasteiger partial charge in [0.25, 0.3) is 0 Å². The molecule has 0 aliphatic heterocycles. The lowest BCUT2D eigenvalue weighted by Crippen LogP contribution is -2.11. The highest BCUT2D eigenvalue weighted by Gasteiger charge is 2.01. The van der Waals surface area contributed by atoms with Crippen LogP contribution >= 0.6 is 38.9 Å². The molecule has 0 bridgehead atoms. The molecule has 0 atom stereocenters. The fourth-order valence-corrected chi connectivity index (χ4v) is 3.16. The van der Waals surface area contributed by atoms with Gasteiger partial charge in [-0.25, -0.2) is 0 Å². The first-order valence-corrected chi connectivity index (χ1v) is 7.90. The first-order valence-electron chi connectivity index (χ1n) is 5.91. The van der Waals surface area contributed by atoms with Gasteiger partial charge < -0.3 is 5.32 Å². The minimum atomic E-state index is 0.754. The van der Waals surface area contributed by atoms with Crippen LogP contribution in [0.4, 0.5) is 0 Å². The lowest BCUT2D eigenvalue weighted by molar-refractivity contribution is 0.701. The number of halogens is 2. The number of hydrogen-bond acceptors (Lipinski definition) is 2. The summed E-state index contributed by atoms with van der Waals surface area (Å²) in [6, 6.07) is 10.4. The molecule has 0 unspecified atom stereocenters. The van der Waals surface area contributed by atoms with E-state index in [9.17, 15) is 0 Å². The van der Waals surface area contributed by atoms with Gasteiger partial charge in [-0.15, -0.1) is 11.3 Å². The Kier molecular flexibility index (Phi) is 5.25. The van der Waals surface area contributed by atoms with Crippen molar-refractivity contribution in [2.75, 3.05) is 0 Å². The van der Waals surface area contributed by atoms with Gasteiger partial charge in [0.1, 0.15) is 0 Å². The molecule has 96 valence electrons. The van der Waals surface area contributed by atoms with Gasteiger partial charge in [-0.1, -0.05) is 24.6 Å². The molecule has 0 fully saturated rings. The Hall–Kier alpha value is -0.350. The summed E-state index contributed by atoms with van der Waals surface area (Å²) in [5.41, 5.74) is 1.23. The molecule has 4 heteroatoms. The Labute approximate surface area is 125 Å². The predicted molar refractivity (Wildman–Crippen MR) is 83.4 cm³/mol. The van der Waals surface area contributed by atoms with E-state index in [4.69, 9.17) is 11.6 Å². The zero-order valence-electron chi connectivity index (χ0n) is 10.2. The average molecular weight is 345 g/mol. The van der Waals surface area contributed by atoms with Crippen LogP contribution in [0.25, 0.3) is 0 Å². The van der Waals surface area contributed by atoms with Gasteiger partial charge in [-0.3, -0.25) is 0 Å². The van der Waals surface area contributed by atoms with Gasteiger partial charge in [0, 0.05) is 27.3 Å². The van der Waals surface area contributed by atoms with Gasteiger partial charge in [0.05, 0.1) is 5.02 Å². The van der Waals surface area contributed by atoms with Crippen molar-refractivity contribution < 1.29 is 0 Å². The van der Waals surface area contributed by atoms with Crippen LogP contribution in [0.3, 0.4) is 0 Å². The third-order valence-electron chi connectivity index (χ3n) is 2.68. The van der Waals surface area contributed by atoms with E-state index in [-0.39, 0.29) is 0 Å². The van der Waals surface area contributed by atoms with Gasteiger partial charge in [-0.05, 0) is 52.2 Å². The van der Waals surface area contributed by atoms with Crippen molar-refractivity contribution in [1.82, 2.24) is 5.32 Å². The monoisotopic (exact) mass is 343 g/mol. The van der Waals surface area contributed by atoms with Crippen LogP contribution in [0.5, 0.6) is 0 Å². The van der Waals surface area contributed by atoms with Gasteiger partial charge >= 0.3 is 0 Å². The summed E-state index contributed by atoms with van der Waals surface area (Å²) >= 11 is 11.3.